The molecule has 5 heteroatoms. The molecule has 1 fully saturated rings. The Morgan fingerprint density at radius 1 is 0.962 bits per heavy atom. The summed E-state index contributed by atoms with van der Waals surface area (Å²) in [4.78, 5) is 0. The quantitative estimate of drug-likeness (QED) is 0.408. The average Bonchev–Trinajstić information content (AvgIpc) is 2.61. The fourth-order valence-electron chi connectivity index (χ4n) is 3.48. The van der Waals surface area contributed by atoms with Gasteiger partial charge in [0.25, 0.3) is 0 Å². The lowest BCUT2D eigenvalue weighted by molar-refractivity contribution is 0.344. The molecule has 0 aromatic heterocycles. The fraction of sp³-hybridized carbons (Fsp3) is 0.333. The van der Waals surface area contributed by atoms with Gasteiger partial charge in [0.05, 0.1) is 0 Å². The predicted octanol–water partition coefficient (Wildman–Crippen LogP) is 7.29. The monoisotopic (exact) mass is 366 g/mol. The summed E-state index contributed by atoms with van der Waals surface area (Å²) in [5, 5.41) is 0. The lowest BCUT2D eigenvalue weighted by atomic mass is 9.79. The van der Waals surface area contributed by atoms with E-state index in [0.29, 0.717) is 17.0 Å². The van der Waals surface area contributed by atoms with E-state index in [9.17, 15) is 17.6 Å². The van der Waals surface area contributed by atoms with E-state index in [1.54, 1.807) is 0 Å². The maximum Gasteiger partial charge on any atom is 0.305 e. The van der Waals surface area contributed by atoms with Crippen LogP contribution in [0.5, 0.6) is 5.75 Å². The Kier molecular flexibility index (Phi) is 5.64. The van der Waals surface area contributed by atoms with Crippen LogP contribution < -0.4 is 4.74 Å². The van der Waals surface area contributed by atoms with E-state index in [1.165, 1.54) is 18.4 Å². The summed E-state index contributed by atoms with van der Waals surface area (Å²) >= 11 is 0. The molecule has 26 heavy (non-hydrogen) atoms. The molecule has 0 radical (unpaired) electrons. The van der Waals surface area contributed by atoms with Crippen LogP contribution in [0.2, 0.25) is 0 Å². The minimum atomic E-state index is -2.17. The van der Waals surface area contributed by atoms with Gasteiger partial charge in [-0.2, -0.15) is 8.78 Å². The van der Waals surface area contributed by atoms with Gasteiger partial charge in [0, 0.05) is 1.43 Å². The van der Waals surface area contributed by atoms with Crippen molar-refractivity contribution in [3.8, 4) is 16.9 Å². The Morgan fingerprint density at radius 3 is 2.08 bits per heavy atom. The molecule has 0 unspecified atom stereocenters. The smallest absolute Gasteiger partial charge is 0.305 e. The summed E-state index contributed by atoms with van der Waals surface area (Å²) in [6, 6.07) is 9.83. The second-order valence-corrected chi connectivity index (χ2v) is 6.87. The van der Waals surface area contributed by atoms with Crippen molar-refractivity contribution in [3.63, 3.8) is 0 Å². The molecule has 0 amide bonds. The SMILES string of the molecule is CC1CCC(c2ccc(-c3cc(F)c(OC=C(F)F)c(F)c3)cc2)CC1.[HH]. The standard InChI is InChI=1S/C21H20F4O.H2/c1-13-2-4-14(5-3-13)15-6-8-16(9-7-15)17-10-18(22)21(19(23)11-17)26-12-20(24)25;/h6-14H,2-5H2,1H3;1H. The van der Waals surface area contributed by atoms with Gasteiger partial charge in [0.1, 0.15) is 0 Å². The third-order valence-electron chi connectivity index (χ3n) is 5.00. The Labute approximate surface area is 151 Å². The summed E-state index contributed by atoms with van der Waals surface area (Å²) < 4.78 is 56.5. The molecular weight excluding hydrogens is 344 g/mol. The van der Waals surface area contributed by atoms with Crippen LogP contribution in [-0.4, -0.2) is 0 Å². The van der Waals surface area contributed by atoms with E-state index in [-0.39, 0.29) is 7.69 Å². The highest BCUT2D eigenvalue weighted by molar-refractivity contribution is 5.65. The van der Waals surface area contributed by atoms with Gasteiger partial charge in [0.2, 0.25) is 0 Å². The first-order chi connectivity index (χ1) is 12.4. The van der Waals surface area contributed by atoms with Crippen molar-refractivity contribution in [2.24, 2.45) is 5.92 Å². The summed E-state index contributed by atoms with van der Waals surface area (Å²) in [7, 11) is 0. The molecule has 0 spiro atoms. The van der Waals surface area contributed by atoms with Gasteiger partial charge >= 0.3 is 6.08 Å². The molecular formula is C21H22F4O. The predicted molar refractivity (Wildman–Crippen MR) is 95.2 cm³/mol. The van der Waals surface area contributed by atoms with Gasteiger partial charge < -0.3 is 4.74 Å². The topological polar surface area (TPSA) is 9.23 Å². The molecule has 0 N–H and O–H groups in total. The number of rotatable bonds is 4. The van der Waals surface area contributed by atoms with E-state index in [1.807, 2.05) is 24.3 Å². The van der Waals surface area contributed by atoms with Crippen LogP contribution in [0.1, 0.15) is 45.5 Å². The maximum atomic E-state index is 14.0. The molecule has 1 nitrogen and oxygen atoms in total. The van der Waals surface area contributed by atoms with E-state index >= 15 is 0 Å². The van der Waals surface area contributed by atoms with Gasteiger partial charge in [-0.25, -0.2) is 8.78 Å². The molecule has 0 heterocycles. The highest BCUT2D eigenvalue weighted by Gasteiger charge is 2.20. The van der Waals surface area contributed by atoms with Crippen LogP contribution >= 0.6 is 0 Å². The molecule has 2 aromatic rings. The number of hydrogen-bond acceptors (Lipinski definition) is 1. The summed E-state index contributed by atoms with van der Waals surface area (Å²) in [6.45, 7) is 2.27. The van der Waals surface area contributed by atoms with Gasteiger partial charge in [-0.3, -0.25) is 0 Å². The maximum absolute atomic E-state index is 14.0. The zero-order valence-electron chi connectivity index (χ0n) is 14.4. The largest absolute Gasteiger partial charge is 0.453 e. The summed E-state index contributed by atoms with van der Waals surface area (Å²) in [5.74, 6) is -1.58. The van der Waals surface area contributed by atoms with Crippen LogP contribution in [0.4, 0.5) is 17.6 Å². The van der Waals surface area contributed by atoms with Crippen LogP contribution in [0.3, 0.4) is 0 Å². The van der Waals surface area contributed by atoms with Crippen molar-refractivity contribution < 1.29 is 23.7 Å². The second kappa shape index (κ2) is 7.94. The lowest BCUT2D eigenvalue weighted by Crippen LogP contribution is -2.10. The number of halogens is 4. The first kappa shape index (κ1) is 18.5. The van der Waals surface area contributed by atoms with Gasteiger partial charge in [0.15, 0.2) is 23.6 Å². The van der Waals surface area contributed by atoms with Crippen molar-refractivity contribution >= 4 is 0 Å². The molecule has 1 aliphatic carbocycles. The van der Waals surface area contributed by atoms with E-state index in [4.69, 9.17) is 0 Å². The minimum Gasteiger partial charge on any atom is -0.453 e. The molecule has 0 aliphatic heterocycles. The highest BCUT2D eigenvalue weighted by Crippen LogP contribution is 2.36. The van der Waals surface area contributed by atoms with Crippen LogP contribution in [0.15, 0.2) is 48.7 Å². The summed E-state index contributed by atoms with van der Waals surface area (Å²) in [6.07, 6.45) is 2.61. The Hall–Kier alpha value is -2.30. The normalized spacial score (nSPS) is 19.9. The van der Waals surface area contributed by atoms with Crippen molar-refractivity contribution in [2.45, 2.75) is 38.5 Å². The van der Waals surface area contributed by atoms with Crippen molar-refractivity contribution in [1.29, 1.82) is 0 Å². The fourth-order valence-corrected chi connectivity index (χ4v) is 3.48. The van der Waals surface area contributed by atoms with E-state index < -0.39 is 23.5 Å². The first-order valence-electron chi connectivity index (χ1n) is 8.71. The molecule has 1 aliphatic rings. The first-order valence-corrected chi connectivity index (χ1v) is 8.71. The molecule has 0 atom stereocenters. The zero-order chi connectivity index (χ0) is 18.7. The number of hydrogen-bond donors (Lipinski definition) is 0. The lowest BCUT2D eigenvalue weighted by Gasteiger charge is -2.26. The number of benzene rings is 2. The van der Waals surface area contributed by atoms with E-state index in [2.05, 4.69) is 11.7 Å². The highest BCUT2D eigenvalue weighted by atomic mass is 19.3. The van der Waals surface area contributed by atoms with Gasteiger partial charge in [-0.05, 0) is 53.5 Å². The average molecular weight is 366 g/mol. The molecule has 1 saturated carbocycles. The minimum absolute atomic E-state index is 0. The Bertz CT molecular complexity index is 769. The second-order valence-electron chi connectivity index (χ2n) is 6.87. The molecule has 140 valence electrons. The van der Waals surface area contributed by atoms with Crippen LogP contribution in [-0.2, 0) is 0 Å². The van der Waals surface area contributed by atoms with Gasteiger partial charge in [-0.1, -0.05) is 44.0 Å². The van der Waals surface area contributed by atoms with Gasteiger partial charge in [-0.15, -0.1) is 0 Å². The Morgan fingerprint density at radius 2 is 1.54 bits per heavy atom. The number of ether oxygens (including phenoxy) is 1. The van der Waals surface area contributed by atoms with Crippen molar-refractivity contribution in [3.05, 3.63) is 65.9 Å². The molecule has 2 aromatic carbocycles. The molecule has 3 rings (SSSR count). The van der Waals surface area contributed by atoms with Crippen LogP contribution in [0, 0.1) is 17.6 Å². The van der Waals surface area contributed by atoms with Crippen molar-refractivity contribution in [1.82, 2.24) is 0 Å². The van der Waals surface area contributed by atoms with E-state index in [0.717, 1.165) is 30.9 Å². The Balaban J connectivity index is 0.00000261. The molecule has 0 bridgehead atoms. The van der Waals surface area contributed by atoms with Crippen LogP contribution in [0.25, 0.3) is 11.1 Å². The summed E-state index contributed by atoms with van der Waals surface area (Å²) in [5.41, 5.74) is 2.24. The zero-order valence-corrected chi connectivity index (χ0v) is 14.4. The third-order valence-corrected chi connectivity index (χ3v) is 5.00. The van der Waals surface area contributed by atoms with Crippen molar-refractivity contribution in [2.75, 3.05) is 0 Å². The third kappa shape index (κ3) is 4.26. The molecule has 0 saturated heterocycles.